The summed E-state index contributed by atoms with van der Waals surface area (Å²) in [4.78, 5) is 24.6. The van der Waals surface area contributed by atoms with Crippen LogP contribution in [-0.2, 0) is 19.4 Å². The van der Waals surface area contributed by atoms with Crippen molar-refractivity contribution >= 4 is 21.7 Å². The Bertz CT molecular complexity index is 458. The Balaban J connectivity index is 1.99. The molecule has 2 fully saturated rings. The molecular weight excluding hydrogens is 258 g/mol. The predicted octanol–water partition coefficient (Wildman–Crippen LogP) is -0.256. The summed E-state index contributed by atoms with van der Waals surface area (Å²) in [6, 6.07) is 0. The number of piperidine rings is 1. The molecule has 0 aromatic heterocycles. The van der Waals surface area contributed by atoms with Gasteiger partial charge >= 0.3 is 5.97 Å². The van der Waals surface area contributed by atoms with Gasteiger partial charge in [0.05, 0.1) is 23.3 Å². The molecule has 18 heavy (non-hydrogen) atoms. The van der Waals surface area contributed by atoms with Crippen molar-refractivity contribution in [2.45, 2.75) is 19.3 Å². The van der Waals surface area contributed by atoms with Crippen LogP contribution >= 0.6 is 0 Å². The van der Waals surface area contributed by atoms with Crippen LogP contribution in [-0.4, -0.2) is 54.9 Å². The first-order valence-corrected chi connectivity index (χ1v) is 7.93. The van der Waals surface area contributed by atoms with E-state index in [1.54, 1.807) is 0 Å². The van der Waals surface area contributed by atoms with Crippen LogP contribution in [0.1, 0.15) is 19.3 Å². The smallest absolute Gasteiger partial charge is 0.308 e. The highest BCUT2D eigenvalue weighted by Crippen LogP contribution is 2.24. The largest absolute Gasteiger partial charge is 0.481 e. The van der Waals surface area contributed by atoms with Gasteiger partial charge in [-0.25, -0.2) is 8.42 Å². The van der Waals surface area contributed by atoms with E-state index in [-0.39, 0.29) is 24.0 Å². The van der Waals surface area contributed by atoms with E-state index in [0.29, 0.717) is 25.8 Å². The zero-order valence-corrected chi connectivity index (χ0v) is 10.9. The van der Waals surface area contributed by atoms with Crippen molar-refractivity contribution in [2.24, 2.45) is 11.8 Å². The van der Waals surface area contributed by atoms with Gasteiger partial charge in [0, 0.05) is 13.1 Å². The van der Waals surface area contributed by atoms with Crippen molar-refractivity contribution in [1.29, 1.82) is 0 Å². The van der Waals surface area contributed by atoms with Gasteiger partial charge in [-0.3, -0.25) is 9.59 Å². The molecule has 1 unspecified atom stereocenters. The number of sulfone groups is 1. The molecule has 0 saturated carbocycles. The van der Waals surface area contributed by atoms with Crippen molar-refractivity contribution in [3.05, 3.63) is 0 Å². The third kappa shape index (κ3) is 2.82. The number of hydrogen-bond acceptors (Lipinski definition) is 4. The minimum atomic E-state index is -3.07. The summed E-state index contributed by atoms with van der Waals surface area (Å²) >= 11 is 0. The lowest BCUT2D eigenvalue weighted by atomic mass is 9.96. The van der Waals surface area contributed by atoms with Gasteiger partial charge in [0.1, 0.15) is 0 Å². The van der Waals surface area contributed by atoms with Crippen molar-refractivity contribution in [1.82, 2.24) is 4.90 Å². The summed E-state index contributed by atoms with van der Waals surface area (Å²) in [5, 5.41) is 8.95. The van der Waals surface area contributed by atoms with Gasteiger partial charge in [0.2, 0.25) is 5.91 Å². The molecular formula is C11H17NO5S. The van der Waals surface area contributed by atoms with Crippen molar-refractivity contribution in [2.75, 3.05) is 24.6 Å². The zero-order chi connectivity index (χ0) is 13.3. The summed E-state index contributed by atoms with van der Waals surface area (Å²) in [6.07, 6.45) is 1.62. The average molecular weight is 275 g/mol. The second kappa shape index (κ2) is 4.87. The second-order valence-corrected chi connectivity index (χ2v) is 7.29. The Morgan fingerprint density at radius 1 is 1.17 bits per heavy atom. The monoisotopic (exact) mass is 275 g/mol. The maximum atomic E-state index is 12.1. The van der Waals surface area contributed by atoms with Crippen LogP contribution in [0.15, 0.2) is 0 Å². The average Bonchev–Trinajstić information content (AvgIpc) is 2.69. The van der Waals surface area contributed by atoms with E-state index in [1.807, 2.05) is 0 Å². The topological polar surface area (TPSA) is 91.8 Å². The Morgan fingerprint density at radius 3 is 2.44 bits per heavy atom. The van der Waals surface area contributed by atoms with E-state index in [1.165, 1.54) is 4.90 Å². The molecule has 7 heteroatoms. The Labute approximate surface area is 106 Å². The van der Waals surface area contributed by atoms with Gasteiger partial charge in [-0.05, 0) is 19.3 Å². The first kappa shape index (κ1) is 13.3. The van der Waals surface area contributed by atoms with Gasteiger partial charge in [-0.15, -0.1) is 0 Å². The van der Waals surface area contributed by atoms with E-state index >= 15 is 0 Å². The molecule has 6 nitrogen and oxygen atoms in total. The molecule has 0 aliphatic carbocycles. The van der Waals surface area contributed by atoms with Crippen molar-refractivity contribution < 1.29 is 23.1 Å². The standard InChI is InChI=1S/C11H17NO5S/c13-10(9-3-5-18(16,17)7-9)12-4-1-2-8(6-12)11(14)15/h8-9H,1-7H2,(H,14,15)/t8-,9?/m0/s1. The van der Waals surface area contributed by atoms with Crippen LogP contribution in [0.25, 0.3) is 0 Å². The molecule has 1 N–H and O–H groups in total. The van der Waals surface area contributed by atoms with Crippen LogP contribution in [0.2, 0.25) is 0 Å². The van der Waals surface area contributed by atoms with Gasteiger partial charge in [0.15, 0.2) is 9.84 Å². The Kier molecular flexibility index (Phi) is 3.61. The van der Waals surface area contributed by atoms with Gasteiger partial charge < -0.3 is 10.0 Å². The zero-order valence-electron chi connectivity index (χ0n) is 10.0. The number of aliphatic carboxylic acids is 1. The molecule has 0 radical (unpaired) electrons. The van der Waals surface area contributed by atoms with Crippen LogP contribution in [0, 0.1) is 11.8 Å². The number of amides is 1. The van der Waals surface area contributed by atoms with Crippen LogP contribution in [0.4, 0.5) is 0 Å². The first-order chi connectivity index (χ1) is 8.39. The number of carbonyl (C=O) groups is 2. The SMILES string of the molecule is O=C(O)[C@H]1CCCN(C(=O)C2CCS(=O)(=O)C2)C1. The van der Waals surface area contributed by atoms with E-state index in [9.17, 15) is 18.0 Å². The lowest BCUT2D eigenvalue weighted by Gasteiger charge is -2.32. The van der Waals surface area contributed by atoms with Crippen LogP contribution in [0.5, 0.6) is 0 Å². The molecule has 0 aromatic rings. The number of hydrogen-bond donors (Lipinski definition) is 1. The number of nitrogens with zero attached hydrogens (tertiary/aromatic N) is 1. The number of likely N-dealkylation sites (tertiary alicyclic amines) is 1. The van der Waals surface area contributed by atoms with E-state index in [4.69, 9.17) is 5.11 Å². The van der Waals surface area contributed by atoms with Crippen molar-refractivity contribution in [3.63, 3.8) is 0 Å². The molecule has 2 heterocycles. The van der Waals surface area contributed by atoms with E-state index < -0.39 is 27.6 Å². The molecule has 0 bridgehead atoms. The molecule has 2 saturated heterocycles. The van der Waals surface area contributed by atoms with Gasteiger partial charge in [-0.1, -0.05) is 0 Å². The molecule has 2 aliphatic heterocycles. The Hall–Kier alpha value is -1.11. The number of carboxylic acids is 1. The Morgan fingerprint density at radius 2 is 1.89 bits per heavy atom. The predicted molar refractivity (Wildman–Crippen MR) is 63.7 cm³/mol. The maximum Gasteiger partial charge on any atom is 0.308 e. The number of carbonyl (C=O) groups excluding carboxylic acids is 1. The van der Waals surface area contributed by atoms with E-state index in [2.05, 4.69) is 0 Å². The highest BCUT2D eigenvalue weighted by Gasteiger charge is 2.37. The fraction of sp³-hybridized carbons (Fsp3) is 0.818. The summed E-state index contributed by atoms with van der Waals surface area (Å²) in [5.41, 5.74) is 0. The molecule has 1 amide bonds. The normalized spacial score (nSPS) is 31.2. The summed E-state index contributed by atoms with van der Waals surface area (Å²) in [6.45, 7) is 0.754. The highest BCUT2D eigenvalue weighted by molar-refractivity contribution is 7.91. The quantitative estimate of drug-likeness (QED) is 0.750. The lowest BCUT2D eigenvalue weighted by molar-refractivity contribution is -0.146. The molecule has 0 spiro atoms. The van der Waals surface area contributed by atoms with Crippen LogP contribution < -0.4 is 0 Å². The van der Waals surface area contributed by atoms with Gasteiger partial charge in [-0.2, -0.15) is 0 Å². The first-order valence-electron chi connectivity index (χ1n) is 6.11. The summed E-state index contributed by atoms with van der Waals surface area (Å²) in [5.74, 6) is -2.07. The van der Waals surface area contributed by atoms with Gasteiger partial charge in [0.25, 0.3) is 0 Å². The molecule has 2 atom stereocenters. The lowest BCUT2D eigenvalue weighted by Crippen LogP contribution is -2.45. The maximum absolute atomic E-state index is 12.1. The van der Waals surface area contributed by atoms with Crippen molar-refractivity contribution in [3.8, 4) is 0 Å². The molecule has 102 valence electrons. The summed E-state index contributed by atoms with van der Waals surface area (Å²) < 4.78 is 22.7. The minimum absolute atomic E-state index is 0.0691. The third-order valence-electron chi connectivity index (χ3n) is 3.66. The fourth-order valence-electron chi connectivity index (χ4n) is 2.63. The minimum Gasteiger partial charge on any atom is -0.481 e. The number of rotatable bonds is 2. The highest BCUT2D eigenvalue weighted by atomic mass is 32.2. The number of carboxylic acid groups (broad SMARTS) is 1. The molecule has 2 aliphatic rings. The van der Waals surface area contributed by atoms with E-state index in [0.717, 1.165) is 0 Å². The second-order valence-electron chi connectivity index (χ2n) is 5.06. The molecule has 2 rings (SSSR count). The fourth-order valence-corrected chi connectivity index (χ4v) is 4.36. The van der Waals surface area contributed by atoms with Crippen LogP contribution in [0.3, 0.4) is 0 Å². The third-order valence-corrected chi connectivity index (χ3v) is 5.43. The molecule has 0 aromatic carbocycles. The summed E-state index contributed by atoms with van der Waals surface area (Å²) in [7, 11) is -3.07.